The molecule has 0 spiro atoms. The molecule has 3 rings (SSSR count). The molecule has 2 aromatic carbocycles. The van der Waals surface area contributed by atoms with Gasteiger partial charge in [-0.15, -0.1) is 0 Å². The van der Waals surface area contributed by atoms with E-state index >= 15 is 0 Å². The van der Waals surface area contributed by atoms with Crippen LogP contribution in [-0.2, 0) is 6.42 Å². The van der Waals surface area contributed by atoms with Gasteiger partial charge in [0, 0.05) is 17.7 Å². The van der Waals surface area contributed by atoms with Gasteiger partial charge in [0.15, 0.2) is 5.11 Å². The number of anilines is 2. The van der Waals surface area contributed by atoms with Crippen LogP contribution in [0, 0.1) is 6.92 Å². The van der Waals surface area contributed by atoms with Gasteiger partial charge in [-0.3, -0.25) is 0 Å². The number of fused-ring (bicyclic) bond motifs is 1. The van der Waals surface area contributed by atoms with Crippen molar-refractivity contribution in [1.82, 2.24) is 0 Å². The predicted molar refractivity (Wildman–Crippen MR) is 106 cm³/mol. The Morgan fingerprint density at radius 2 is 1.88 bits per heavy atom. The third-order valence-electron chi connectivity index (χ3n) is 3.90. The Bertz CT molecular complexity index is 821. The maximum absolute atomic E-state index is 6.10. The summed E-state index contributed by atoms with van der Waals surface area (Å²) in [6, 6.07) is 9.34. The molecule has 0 saturated heterocycles. The van der Waals surface area contributed by atoms with E-state index in [0.29, 0.717) is 15.2 Å². The molecule has 0 unspecified atom stereocenters. The van der Waals surface area contributed by atoms with E-state index in [-0.39, 0.29) is 5.60 Å². The lowest BCUT2D eigenvalue weighted by atomic mass is 9.98. The highest BCUT2D eigenvalue weighted by Crippen LogP contribution is 2.42. The summed E-state index contributed by atoms with van der Waals surface area (Å²) in [5, 5.41) is 7.77. The van der Waals surface area contributed by atoms with Crippen LogP contribution in [-0.4, -0.2) is 10.7 Å². The SMILES string of the molecule is Cc1ccc(NC(=S)Nc2ccc(Cl)c(Cl)c2)c2c1CC(C)(C)O2. The second-order valence-electron chi connectivity index (χ2n) is 6.48. The second kappa shape index (κ2) is 6.43. The fourth-order valence-corrected chi connectivity index (χ4v) is 3.28. The molecular weight excluding hydrogens is 363 g/mol. The standard InChI is InChI=1S/C18H18Cl2N2OS/c1-10-4-7-15(16-12(10)9-18(2,3)23-16)22-17(24)21-11-5-6-13(19)14(20)8-11/h4-8H,9H2,1-3H3,(H2,21,22,24). The van der Waals surface area contributed by atoms with E-state index in [1.54, 1.807) is 12.1 Å². The number of hydrogen-bond donors (Lipinski definition) is 2. The fourth-order valence-electron chi connectivity index (χ4n) is 2.76. The summed E-state index contributed by atoms with van der Waals surface area (Å²) in [5.74, 6) is 0.873. The molecule has 0 fully saturated rings. The number of hydrogen-bond acceptors (Lipinski definition) is 2. The molecule has 126 valence electrons. The van der Waals surface area contributed by atoms with E-state index in [9.17, 15) is 0 Å². The van der Waals surface area contributed by atoms with Gasteiger partial charge in [0.2, 0.25) is 0 Å². The lowest BCUT2D eigenvalue weighted by Gasteiger charge is -2.19. The van der Waals surface area contributed by atoms with E-state index in [2.05, 4.69) is 37.5 Å². The van der Waals surface area contributed by atoms with E-state index in [1.807, 2.05) is 12.1 Å². The van der Waals surface area contributed by atoms with Gasteiger partial charge >= 0.3 is 0 Å². The first kappa shape index (κ1) is 17.3. The quantitative estimate of drug-likeness (QED) is 0.642. The van der Waals surface area contributed by atoms with Crippen molar-refractivity contribution in [3.8, 4) is 5.75 Å². The number of thiocarbonyl (C=S) groups is 1. The van der Waals surface area contributed by atoms with Gasteiger partial charge in [0.1, 0.15) is 11.4 Å². The first-order valence-corrected chi connectivity index (χ1v) is 8.76. The molecule has 0 atom stereocenters. The van der Waals surface area contributed by atoms with Crippen LogP contribution in [0.2, 0.25) is 10.0 Å². The highest BCUT2D eigenvalue weighted by molar-refractivity contribution is 7.80. The summed E-state index contributed by atoms with van der Waals surface area (Å²) in [5.41, 5.74) is 3.88. The Balaban J connectivity index is 1.78. The minimum absolute atomic E-state index is 0.205. The van der Waals surface area contributed by atoms with Crippen LogP contribution < -0.4 is 15.4 Å². The van der Waals surface area contributed by atoms with Crippen molar-refractivity contribution in [2.45, 2.75) is 32.8 Å². The van der Waals surface area contributed by atoms with Crippen molar-refractivity contribution in [3.05, 3.63) is 51.5 Å². The molecule has 1 aliphatic rings. The van der Waals surface area contributed by atoms with Crippen molar-refractivity contribution in [3.63, 3.8) is 0 Å². The number of nitrogens with one attached hydrogen (secondary N) is 2. The topological polar surface area (TPSA) is 33.3 Å². The Labute approximate surface area is 157 Å². The van der Waals surface area contributed by atoms with Crippen LogP contribution in [0.15, 0.2) is 30.3 Å². The van der Waals surface area contributed by atoms with Crippen LogP contribution in [0.5, 0.6) is 5.75 Å². The maximum atomic E-state index is 6.10. The molecular formula is C18H18Cl2N2OS. The Hall–Kier alpha value is -1.49. The molecule has 6 heteroatoms. The van der Waals surface area contributed by atoms with E-state index in [1.165, 1.54) is 11.1 Å². The van der Waals surface area contributed by atoms with Crippen molar-refractivity contribution in [2.24, 2.45) is 0 Å². The molecule has 1 heterocycles. The first-order chi connectivity index (χ1) is 11.2. The van der Waals surface area contributed by atoms with Gasteiger partial charge in [0.25, 0.3) is 0 Å². The number of ether oxygens (including phenoxy) is 1. The summed E-state index contributed by atoms with van der Waals surface area (Å²) < 4.78 is 6.10. The van der Waals surface area contributed by atoms with Gasteiger partial charge in [-0.2, -0.15) is 0 Å². The Kier molecular flexibility index (Phi) is 4.65. The molecule has 0 aliphatic carbocycles. The zero-order valence-corrected chi connectivity index (χ0v) is 16.0. The zero-order valence-electron chi connectivity index (χ0n) is 13.7. The van der Waals surface area contributed by atoms with Gasteiger partial charge in [-0.25, -0.2) is 0 Å². The largest absolute Gasteiger partial charge is 0.485 e. The summed E-state index contributed by atoms with van der Waals surface area (Å²) in [6.45, 7) is 6.27. The summed E-state index contributed by atoms with van der Waals surface area (Å²) in [6.07, 6.45) is 0.886. The van der Waals surface area contributed by atoms with E-state index in [4.69, 9.17) is 40.2 Å². The van der Waals surface area contributed by atoms with Crippen LogP contribution in [0.4, 0.5) is 11.4 Å². The van der Waals surface area contributed by atoms with Crippen molar-refractivity contribution in [1.29, 1.82) is 0 Å². The Morgan fingerprint density at radius 3 is 2.58 bits per heavy atom. The first-order valence-electron chi connectivity index (χ1n) is 7.60. The monoisotopic (exact) mass is 380 g/mol. The fraction of sp³-hybridized carbons (Fsp3) is 0.278. The van der Waals surface area contributed by atoms with Crippen LogP contribution in [0.1, 0.15) is 25.0 Å². The zero-order chi connectivity index (χ0) is 17.5. The molecule has 0 saturated carbocycles. The van der Waals surface area contributed by atoms with Crippen LogP contribution in [0.3, 0.4) is 0 Å². The molecule has 24 heavy (non-hydrogen) atoms. The van der Waals surface area contributed by atoms with Crippen molar-refractivity contribution >= 4 is 51.9 Å². The smallest absolute Gasteiger partial charge is 0.175 e. The summed E-state index contributed by atoms with van der Waals surface area (Å²) >= 11 is 17.4. The molecule has 2 N–H and O–H groups in total. The summed E-state index contributed by atoms with van der Waals surface area (Å²) in [4.78, 5) is 0. The number of rotatable bonds is 2. The normalized spacial score (nSPS) is 14.7. The van der Waals surface area contributed by atoms with E-state index in [0.717, 1.165) is 23.5 Å². The van der Waals surface area contributed by atoms with Crippen molar-refractivity contribution < 1.29 is 4.74 Å². The second-order valence-corrected chi connectivity index (χ2v) is 7.71. The van der Waals surface area contributed by atoms with Gasteiger partial charge in [-0.1, -0.05) is 29.3 Å². The highest BCUT2D eigenvalue weighted by Gasteiger charge is 2.33. The molecule has 2 aromatic rings. The minimum atomic E-state index is -0.205. The summed E-state index contributed by atoms with van der Waals surface area (Å²) in [7, 11) is 0. The molecule has 0 radical (unpaired) electrons. The Morgan fingerprint density at radius 1 is 1.12 bits per heavy atom. The van der Waals surface area contributed by atoms with E-state index < -0.39 is 0 Å². The third-order valence-corrected chi connectivity index (χ3v) is 4.84. The molecule has 0 aromatic heterocycles. The highest BCUT2D eigenvalue weighted by atomic mass is 35.5. The minimum Gasteiger partial charge on any atom is -0.485 e. The van der Waals surface area contributed by atoms with Crippen LogP contribution in [0.25, 0.3) is 0 Å². The average Bonchev–Trinajstić information content (AvgIpc) is 2.82. The lowest BCUT2D eigenvalue weighted by Crippen LogP contribution is -2.25. The van der Waals surface area contributed by atoms with Crippen LogP contribution >= 0.6 is 35.4 Å². The number of benzene rings is 2. The average molecular weight is 381 g/mol. The van der Waals surface area contributed by atoms with Crippen molar-refractivity contribution in [2.75, 3.05) is 10.6 Å². The third kappa shape index (κ3) is 3.61. The lowest BCUT2D eigenvalue weighted by molar-refractivity contribution is 0.139. The van der Waals surface area contributed by atoms with Gasteiger partial charge < -0.3 is 15.4 Å². The maximum Gasteiger partial charge on any atom is 0.175 e. The molecule has 1 aliphatic heterocycles. The predicted octanol–water partition coefficient (Wildman–Crippen LogP) is 5.82. The molecule has 3 nitrogen and oxygen atoms in total. The molecule has 0 bridgehead atoms. The number of halogens is 2. The molecule has 0 amide bonds. The van der Waals surface area contributed by atoms with Gasteiger partial charge in [0.05, 0.1) is 15.7 Å². The number of aryl methyl sites for hydroxylation is 1. The van der Waals surface area contributed by atoms with Gasteiger partial charge in [-0.05, 0) is 62.8 Å².